The lowest BCUT2D eigenvalue weighted by Gasteiger charge is -2.39. The smallest absolute Gasteiger partial charge is 0.161 e. The molecule has 2 aromatic rings. The number of nitrogens with zero attached hydrogens (tertiary/aromatic N) is 2. The Morgan fingerprint density at radius 1 is 1.32 bits per heavy atom. The number of rotatable bonds is 3. The van der Waals surface area contributed by atoms with Crippen LogP contribution in [0.1, 0.15) is 41.9 Å². The zero-order valence-corrected chi connectivity index (χ0v) is 17.1. The van der Waals surface area contributed by atoms with Crippen molar-refractivity contribution in [1.29, 1.82) is 5.26 Å². The molecule has 2 N–H and O–H groups in total. The Morgan fingerprint density at radius 3 is 2.82 bits per heavy atom. The van der Waals surface area contributed by atoms with Gasteiger partial charge in [-0.3, -0.25) is 9.69 Å². The third-order valence-corrected chi connectivity index (χ3v) is 6.82. The van der Waals surface area contributed by atoms with Crippen LogP contribution in [-0.2, 0) is 11.2 Å². The summed E-state index contributed by atoms with van der Waals surface area (Å²) in [7, 11) is 0. The predicted molar refractivity (Wildman–Crippen MR) is 113 cm³/mol. The van der Waals surface area contributed by atoms with Gasteiger partial charge in [0, 0.05) is 38.2 Å². The van der Waals surface area contributed by atoms with Gasteiger partial charge in [-0.25, -0.2) is 0 Å². The number of carbonyl (C=O) groups excluding carboxylic acids is 1. The number of ketones is 1. The third-order valence-electron chi connectivity index (χ3n) is 5.30. The first kappa shape index (κ1) is 18.8. The standard InChI is InChI=1S/C22H20ClN3OS/c1-2-15-9-10-19(28-15)20-16(12-24)22(25)26(14-6-3-5-13(23)11-14)17-7-4-8-18(27)21(17)20/h3,5-6,9-11,20H,2,4,7-8,25H2,1H3. The number of aryl methyl sites for hydroxylation is 1. The van der Waals surface area contributed by atoms with E-state index in [4.69, 9.17) is 17.3 Å². The number of allylic oxidation sites excluding steroid dienone is 3. The monoisotopic (exact) mass is 409 g/mol. The second-order valence-electron chi connectivity index (χ2n) is 6.95. The van der Waals surface area contributed by atoms with Gasteiger partial charge in [-0.05, 0) is 49.6 Å². The van der Waals surface area contributed by atoms with Gasteiger partial charge in [0.1, 0.15) is 5.82 Å². The highest BCUT2D eigenvalue weighted by Crippen LogP contribution is 2.47. The Balaban J connectivity index is 1.95. The summed E-state index contributed by atoms with van der Waals surface area (Å²) >= 11 is 7.85. The Hall–Kier alpha value is -2.55. The minimum Gasteiger partial charge on any atom is -0.384 e. The summed E-state index contributed by atoms with van der Waals surface area (Å²) in [4.78, 5) is 17.1. The molecule has 2 aliphatic rings. The van der Waals surface area contributed by atoms with E-state index in [1.165, 1.54) is 4.88 Å². The Morgan fingerprint density at radius 2 is 2.14 bits per heavy atom. The second-order valence-corrected chi connectivity index (χ2v) is 8.59. The topological polar surface area (TPSA) is 70.1 Å². The van der Waals surface area contributed by atoms with Gasteiger partial charge in [-0.2, -0.15) is 5.26 Å². The molecule has 1 atom stereocenters. The highest BCUT2D eigenvalue weighted by atomic mass is 35.5. The molecule has 1 aliphatic carbocycles. The maximum Gasteiger partial charge on any atom is 0.161 e. The molecule has 1 aromatic heterocycles. The average molecular weight is 410 g/mol. The minimum atomic E-state index is -0.381. The second kappa shape index (κ2) is 7.46. The first-order valence-electron chi connectivity index (χ1n) is 9.35. The van der Waals surface area contributed by atoms with E-state index in [0.717, 1.165) is 35.5 Å². The van der Waals surface area contributed by atoms with Gasteiger partial charge in [-0.1, -0.05) is 24.6 Å². The van der Waals surface area contributed by atoms with Crippen molar-refractivity contribution >= 4 is 34.4 Å². The van der Waals surface area contributed by atoms with Crippen LogP contribution in [0.25, 0.3) is 0 Å². The van der Waals surface area contributed by atoms with Crippen molar-refractivity contribution in [3.63, 3.8) is 0 Å². The summed E-state index contributed by atoms with van der Waals surface area (Å²) in [6.45, 7) is 2.10. The summed E-state index contributed by atoms with van der Waals surface area (Å²) in [6, 6.07) is 13.8. The van der Waals surface area contributed by atoms with Gasteiger partial charge in [-0.15, -0.1) is 11.3 Å². The molecule has 0 fully saturated rings. The van der Waals surface area contributed by atoms with Crippen LogP contribution in [0.15, 0.2) is 59.1 Å². The zero-order valence-electron chi connectivity index (χ0n) is 15.5. The molecule has 0 amide bonds. The molecule has 0 saturated heterocycles. The first-order valence-corrected chi connectivity index (χ1v) is 10.5. The van der Waals surface area contributed by atoms with Crippen molar-refractivity contribution in [2.45, 2.75) is 38.5 Å². The van der Waals surface area contributed by atoms with Crippen molar-refractivity contribution in [3.8, 4) is 6.07 Å². The summed E-state index contributed by atoms with van der Waals surface area (Å²) in [5.41, 5.74) is 9.34. The maximum atomic E-state index is 13.0. The van der Waals surface area contributed by atoms with Crippen LogP contribution < -0.4 is 10.6 Å². The Labute approximate surface area is 173 Å². The summed E-state index contributed by atoms with van der Waals surface area (Å²) < 4.78 is 0. The molecule has 4 nitrogen and oxygen atoms in total. The maximum absolute atomic E-state index is 13.0. The summed E-state index contributed by atoms with van der Waals surface area (Å²) in [6.07, 6.45) is 2.95. The van der Waals surface area contributed by atoms with Crippen LogP contribution in [0.4, 0.5) is 5.69 Å². The predicted octanol–water partition coefficient (Wildman–Crippen LogP) is 5.27. The Kier molecular flexibility index (Phi) is 5.01. The summed E-state index contributed by atoms with van der Waals surface area (Å²) in [5, 5.41) is 10.6. The van der Waals surface area contributed by atoms with E-state index in [-0.39, 0.29) is 11.7 Å². The normalized spacial score (nSPS) is 19.7. The molecule has 4 rings (SSSR count). The number of nitrogens with two attached hydrogens (primary N) is 1. The van der Waals surface area contributed by atoms with Crippen LogP contribution >= 0.6 is 22.9 Å². The first-order chi connectivity index (χ1) is 13.5. The fourth-order valence-corrected chi connectivity index (χ4v) is 5.28. The molecule has 1 aliphatic heterocycles. The van der Waals surface area contributed by atoms with Crippen LogP contribution in [0.5, 0.6) is 0 Å². The molecule has 0 bridgehead atoms. The number of anilines is 1. The van der Waals surface area contributed by atoms with E-state index < -0.39 is 0 Å². The lowest BCUT2D eigenvalue weighted by atomic mass is 9.78. The number of carbonyl (C=O) groups is 1. The fraction of sp³-hybridized carbons (Fsp3) is 0.273. The van der Waals surface area contributed by atoms with E-state index >= 15 is 0 Å². The number of thiophene rings is 1. The lowest BCUT2D eigenvalue weighted by Crippen LogP contribution is -2.38. The SMILES string of the molecule is CCc1ccc(C2C(C#N)=C(N)N(c3cccc(Cl)c3)C3=C2C(=O)CCC3)s1. The van der Waals surface area contributed by atoms with Gasteiger partial charge in [0.15, 0.2) is 5.78 Å². The molecular weight excluding hydrogens is 390 g/mol. The van der Waals surface area contributed by atoms with Crippen molar-refractivity contribution in [2.24, 2.45) is 5.73 Å². The lowest BCUT2D eigenvalue weighted by molar-refractivity contribution is -0.116. The van der Waals surface area contributed by atoms with E-state index in [9.17, 15) is 10.1 Å². The van der Waals surface area contributed by atoms with Crippen LogP contribution in [0.2, 0.25) is 5.02 Å². The molecule has 142 valence electrons. The van der Waals surface area contributed by atoms with E-state index in [2.05, 4.69) is 19.1 Å². The molecule has 0 spiro atoms. The van der Waals surface area contributed by atoms with Crippen molar-refractivity contribution in [3.05, 3.63) is 73.8 Å². The molecule has 2 heterocycles. The number of hydrogen-bond donors (Lipinski definition) is 1. The number of nitriles is 1. The van der Waals surface area contributed by atoms with Crippen LogP contribution in [0.3, 0.4) is 0 Å². The van der Waals surface area contributed by atoms with Crippen LogP contribution in [-0.4, -0.2) is 5.78 Å². The van der Waals surface area contributed by atoms with Gasteiger partial charge in [0.05, 0.1) is 17.6 Å². The fourth-order valence-electron chi connectivity index (χ4n) is 4.02. The highest BCUT2D eigenvalue weighted by Gasteiger charge is 2.40. The number of benzene rings is 1. The van der Waals surface area contributed by atoms with Gasteiger partial charge < -0.3 is 5.73 Å². The molecule has 1 unspecified atom stereocenters. The summed E-state index contributed by atoms with van der Waals surface area (Å²) in [5.74, 6) is 0.105. The molecule has 1 aromatic carbocycles. The van der Waals surface area contributed by atoms with E-state index in [0.29, 0.717) is 28.4 Å². The molecule has 0 saturated carbocycles. The number of halogens is 1. The van der Waals surface area contributed by atoms with Gasteiger partial charge >= 0.3 is 0 Å². The Bertz CT molecular complexity index is 1060. The third kappa shape index (κ3) is 3.03. The van der Waals surface area contributed by atoms with Crippen molar-refractivity contribution in [2.75, 3.05) is 4.90 Å². The van der Waals surface area contributed by atoms with Crippen molar-refractivity contribution in [1.82, 2.24) is 0 Å². The number of hydrogen-bond acceptors (Lipinski definition) is 5. The molecule has 28 heavy (non-hydrogen) atoms. The average Bonchev–Trinajstić information content (AvgIpc) is 3.16. The minimum absolute atomic E-state index is 0.102. The van der Waals surface area contributed by atoms with Crippen molar-refractivity contribution < 1.29 is 4.79 Å². The largest absolute Gasteiger partial charge is 0.384 e. The van der Waals surface area contributed by atoms with E-state index in [1.807, 2.05) is 29.2 Å². The molecule has 0 radical (unpaired) electrons. The quantitative estimate of drug-likeness (QED) is 0.749. The zero-order chi connectivity index (χ0) is 19.8. The highest BCUT2D eigenvalue weighted by molar-refractivity contribution is 7.12. The van der Waals surface area contributed by atoms with Gasteiger partial charge in [0.2, 0.25) is 0 Å². The van der Waals surface area contributed by atoms with E-state index in [1.54, 1.807) is 17.4 Å². The van der Waals surface area contributed by atoms with Crippen LogP contribution in [0, 0.1) is 11.3 Å². The molecule has 6 heteroatoms. The molecular formula is C22H20ClN3OS. The number of Topliss-reactive ketones (excluding diaryl/α,β-unsaturated/α-hetero) is 1. The van der Waals surface area contributed by atoms with Gasteiger partial charge in [0.25, 0.3) is 0 Å².